The number of nitrogens with zero attached hydrogens (tertiary/aromatic N) is 3. The lowest BCUT2D eigenvalue weighted by Gasteiger charge is -2.31. The van der Waals surface area contributed by atoms with Crippen LogP contribution in [0.15, 0.2) is 89.7 Å². The van der Waals surface area contributed by atoms with E-state index in [1.54, 1.807) is 73.1 Å². The van der Waals surface area contributed by atoms with Gasteiger partial charge in [0.05, 0.1) is 16.2 Å². The molecule has 3 heterocycles. The molecule has 8 heteroatoms. The predicted octanol–water partition coefficient (Wildman–Crippen LogP) is 7.59. The van der Waals surface area contributed by atoms with Crippen LogP contribution in [-0.2, 0) is 11.8 Å². The van der Waals surface area contributed by atoms with Crippen molar-refractivity contribution in [3.63, 3.8) is 0 Å². The summed E-state index contributed by atoms with van der Waals surface area (Å²) < 4.78 is 42.2. The molecule has 0 radical (unpaired) electrons. The molecule has 0 amide bonds. The van der Waals surface area contributed by atoms with E-state index in [2.05, 4.69) is 15.0 Å². The quantitative estimate of drug-likeness (QED) is 0.301. The molecule has 1 aliphatic heterocycles. The smallest absolute Gasteiger partial charge is 0.375 e. The van der Waals surface area contributed by atoms with Crippen LogP contribution >= 0.6 is 11.6 Å². The SMILES string of the molecule is CC1C=NC=C(C(O)(c2ccc3nc(C(F)(F)F)c(-c4ccccc4)c(Cl)c3c2)c2ccccn2)CC1. The van der Waals surface area contributed by atoms with Crippen molar-refractivity contribution < 1.29 is 18.3 Å². The third-order valence-corrected chi connectivity index (χ3v) is 7.00. The molecular formula is C29H23ClF3N3O. The molecule has 4 nitrogen and oxygen atoms in total. The topological polar surface area (TPSA) is 58.4 Å². The van der Waals surface area contributed by atoms with Gasteiger partial charge in [-0.05, 0) is 59.7 Å². The molecule has 2 atom stereocenters. The normalized spacial score (nSPS) is 17.8. The zero-order chi connectivity index (χ0) is 26.2. The highest BCUT2D eigenvalue weighted by atomic mass is 35.5. The molecule has 4 aromatic rings. The standard InChI is InChI=1S/C29H23ClF3N3O/c1-18-10-11-21(17-34-16-18)28(37,24-9-5-6-14-35-24)20-12-13-23-22(15-20)26(30)25(19-7-3-2-4-8-19)27(36-23)29(31,32)33/h2-9,12-18,37H,10-11H2,1H3. The number of fused-ring (bicyclic) bond motifs is 1. The number of hydrogen-bond acceptors (Lipinski definition) is 4. The van der Waals surface area contributed by atoms with Crippen LogP contribution in [0.1, 0.15) is 36.7 Å². The van der Waals surface area contributed by atoms with Crippen molar-refractivity contribution >= 4 is 28.7 Å². The molecule has 0 bridgehead atoms. The van der Waals surface area contributed by atoms with E-state index in [0.29, 0.717) is 34.2 Å². The molecule has 2 aromatic heterocycles. The summed E-state index contributed by atoms with van der Waals surface area (Å²) in [6.45, 7) is 2.05. The van der Waals surface area contributed by atoms with E-state index in [-0.39, 0.29) is 22.0 Å². The second kappa shape index (κ2) is 9.72. The fourth-order valence-corrected chi connectivity index (χ4v) is 5.02. The van der Waals surface area contributed by atoms with Gasteiger partial charge in [0.2, 0.25) is 0 Å². The summed E-state index contributed by atoms with van der Waals surface area (Å²) in [6.07, 6.45) is 1.68. The highest BCUT2D eigenvalue weighted by molar-refractivity contribution is 6.38. The van der Waals surface area contributed by atoms with Gasteiger partial charge in [-0.15, -0.1) is 0 Å². The second-order valence-corrected chi connectivity index (χ2v) is 9.52. The highest BCUT2D eigenvalue weighted by Crippen LogP contribution is 2.45. The number of pyridine rings is 2. The van der Waals surface area contributed by atoms with Gasteiger partial charge in [0.1, 0.15) is 0 Å². The van der Waals surface area contributed by atoms with Crippen molar-refractivity contribution in [1.82, 2.24) is 9.97 Å². The summed E-state index contributed by atoms with van der Waals surface area (Å²) in [5.41, 5.74) is -1.13. The molecule has 0 saturated carbocycles. The molecule has 37 heavy (non-hydrogen) atoms. The number of benzene rings is 2. The van der Waals surface area contributed by atoms with Crippen molar-refractivity contribution in [3.05, 3.63) is 107 Å². The van der Waals surface area contributed by atoms with E-state index in [4.69, 9.17) is 11.6 Å². The molecule has 0 spiro atoms. The molecule has 2 unspecified atom stereocenters. The summed E-state index contributed by atoms with van der Waals surface area (Å²) in [5.74, 6) is 0.228. The molecule has 1 aliphatic rings. The van der Waals surface area contributed by atoms with Gasteiger partial charge in [0.15, 0.2) is 11.3 Å². The largest absolute Gasteiger partial charge is 0.434 e. The van der Waals surface area contributed by atoms with E-state index >= 15 is 0 Å². The Bertz CT molecular complexity index is 1500. The van der Waals surface area contributed by atoms with Crippen LogP contribution in [0.25, 0.3) is 22.0 Å². The van der Waals surface area contributed by atoms with Crippen molar-refractivity contribution in [1.29, 1.82) is 0 Å². The number of halogens is 4. The Morgan fingerprint density at radius 3 is 2.46 bits per heavy atom. The van der Waals surface area contributed by atoms with E-state index < -0.39 is 17.5 Å². The van der Waals surface area contributed by atoms with E-state index in [0.717, 1.165) is 6.42 Å². The fraction of sp³-hybridized carbons (Fsp3) is 0.207. The fourth-order valence-electron chi connectivity index (χ4n) is 4.67. The molecule has 188 valence electrons. The van der Waals surface area contributed by atoms with Gasteiger partial charge in [0.25, 0.3) is 0 Å². The number of hydrogen-bond donors (Lipinski definition) is 1. The van der Waals surface area contributed by atoms with Gasteiger partial charge in [-0.3, -0.25) is 9.98 Å². The maximum Gasteiger partial charge on any atom is 0.434 e. The maximum absolute atomic E-state index is 14.1. The lowest BCUT2D eigenvalue weighted by Crippen LogP contribution is -2.31. The van der Waals surface area contributed by atoms with Gasteiger partial charge in [0, 0.05) is 29.6 Å². The monoisotopic (exact) mass is 521 g/mol. The number of rotatable bonds is 4. The molecule has 5 rings (SSSR count). The van der Waals surface area contributed by atoms with Gasteiger partial charge in [-0.25, -0.2) is 4.98 Å². The van der Waals surface area contributed by atoms with Crippen molar-refractivity contribution in [2.75, 3.05) is 0 Å². The van der Waals surface area contributed by atoms with Gasteiger partial charge >= 0.3 is 6.18 Å². The van der Waals surface area contributed by atoms with Gasteiger partial charge in [-0.2, -0.15) is 13.2 Å². The molecule has 2 aromatic carbocycles. The molecule has 1 N–H and O–H groups in total. The Morgan fingerprint density at radius 2 is 1.76 bits per heavy atom. The summed E-state index contributed by atoms with van der Waals surface area (Å²) in [6, 6.07) is 18.0. The Kier molecular flexibility index (Phi) is 6.60. The van der Waals surface area contributed by atoms with E-state index in [1.807, 2.05) is 13.1 Å². The average molecular weight is 522 g/mol. The van der Waals surface area contributed by atoms with Crippen LogP contribution in [0, 0.1) is 5.92 Å². The zero-order valence-electron chi connectivity index (χ0n) is 19.9. The maximum atomic E-state index is 14.1. The molecule has 0 saturated heterocycles. The third kappa shape index (κ3) is 4.65. The Balaban J connectivity index is 1.77. The lowest BCUT2D eigenvalue weighted by molar-refractivity contribution is -0.140. The summed E-state index contributed by atoms with van der Waals surface area (Å²) in [5, 5.41) is 12.5. The molecule has 0 fully saturated rings. The van der Waals surface area contributed by atoms with Crippen molar-refractivity contribution in [2.24, 2.45) is 10.9 Å². The van der Waals surface area contributed by atoms with Crippen LogP contribution in [0.5, 0.6) is 0 Å². The van der Waals surface area contributed by atoms with Crippen molar-refractivity contribution in [3.8, 4) is 11.1 Å². The number of aliphatic hydroxyl groups is 1. The Labute approximate surface area is 217 Å². The highest BCUT2D eigenvalue weighted by Gasteiger charge is 2.40. The third-order valence-electron chi connectivity index (χ3n) is 6.61. The van der Waals surface area contributed by atoms with Gasteiger partial charge in [-0.1, -0.05) is 61.0 Å². The minimum Gasteiger partial charge on any atom is -0.375 e. The Morgan fingerprint density at radius 1 is 1.00 bits per heavy atom. The number of alkyl halides is 3. The predicted molar refractivity (Wildman–Crippen MR) is 139 cm³/mol. The second-order valence-electron chi connectivity index (χ2n) is 9.14. The minimum absolute atomic E-state index is 0.0746. The minimum atomic E-state index is -4.71. The summed E-state index contributed by atoms with van der Waals surface area (Å²) >= 11 is 6.71. The molecule has 0 aliphatic carbocycles. The first-order chi connectivity index (χ1) is 17.7. The van der Waals surface area contributed by atoms with Crippen molar-refractivity contribution in [2.45, 2.75) is 31.5 Å². The zero-order valence-corrected chi connectivity index (χ0v) is 20.6. The van der Waals surface area contributed by atoms with E-state index in [1.165, 1.54) is 6.07 Å². The van der Waals surface area contributed by atoms with Crippen LogP contribution in [-0.4, -0.2) is 21.3 Å². The van der Waals surface area contributed by atoms with Crippen LogP contribution < -0.4 is 0 Å². The number of aliphatic imine (C=N–C) groups is 1. The number of aromatic nitrogens is 2. The van der Waals surface area contributed by atoms with Crippen LogP contribution in [0.2, 0.25) is 5.02 Å². The van der Waals surface area contributed by atoms with Crippen LogP contribution in [0.3, 0.4) is 0 Å². The Hall–Kier alpha value is -3.55. The van der Waals surface area contributed by atoms with Gasteiger partial charge < -0.3 is 5.11 Å². The summed E-state index contributed by atoms with van der Waals surface area (Å²) in [7, 11) is 0. The lowest BCUT2D eigenvalue weighted by atomic mass is 9.80. The first-order valence-electron chi connectivity index (χ1n) is 11.8. The molecular weight excluding hydrogens is 499 g/mol. The average Bonchev–Trinajstić information content (AvgIpc) is 3.13. The summed E-state index contributed by atoms with van der Waals surface area (Å²) in [4.78, 5) is 12.8. The first-order valence-corrected chi connectivity index (χ1v) is 12.2. The first kappa shape index (κ1) is 25.1. The van der Waals surface area contributed by atoms with Crippen LogP contribution in [0.4, 0.5) is 13.2 Å². The van der Waals surface area contributed by atoms with E-state index in [9.17, 15) is 18.3 Å².